The number of para-hydroxylation sites is 1. The van der Waals surface area contributed by atoms with Crippen molar-refractivity contribution in [2.45, 2.75) is 37.8 Å². The van der Waals surface area contributed by atoms with Gasteiger partial charge in [-0.1, -0.05) is 23.7 Å². The Labute approximate surface area is 147 Å². The lowest BCUT2D eigenvalue weighted by atomic mass is 9.84. The van der Waals surface area contributed by atoms with Crippen molar-refractivity contribution < 1.29 is 9.53 Å². The van der Waals surface area contributed by atoms with Gasteiger partial charge < -0.3 is 15.8 Å². The van der Waals surface area contributed by atoms with Crippen LogP contribution in [0.25, 0.3) is 0 Å². The molecular weight excluding hydrogens is 335 g/mol. The van der Waals surface area contributed by atoms with E-state index in [2.05, 4.69) is 5.32 Å². The highest BCUT2D eigenvalue weighted by molar-refractivity contribution is 6.32. The smallest absolute Gasteiger partial charge is 0.225 e. The number of halogens is 2. The van der Waals surface area contributed by atoms with E-state index in [1.165, 1.54) is 6.42 Å². The predicted molar refractivity (Wildman–Crippen MR) is 92.0 cm³/mol. The number of hydrogen-bond donors (Lipinski definition) is 2. The summed E-state index contributed by atoms with van der Waals surface area (Å²) in [6, 6.07) is 5.69. The Bertz CT molecular complexity index is 608. The van der Waals surface area contributed by atoms with Crippen molar-refractivity contribution in [3.05, 3.63) is 28.8 Å². The van der Waals surface area contributed by atoms with Gasteiger partial charge in [-0.15, -0.1) is 12.4 Å². The first kappa shape index (κ1) is 16.9. The highest BCUT2D eigenvalue weighted by Crippen LogP contribution is 2.48. The number of nitrogens with two attached hydrogens (primary N) is 1. The molecule has 5 atom stereocenters. The quantitative estimate of drug-likeness (QED) is 0.855. The number of fused-ring (bicyclic) bond motifs is 3. The van der Waals surface area contributed by atoms with Gasteiger partial charge in [0, 0.05) is 18.0 Å². The lowest BCUT2D eigenvalue weighted by Crippen LogP contribution is -2.46. The van der Waals surface area contributed by atoms with Gasteiger partial charge in [0.1, 0.15) is 5.75 Å². The Balaban J connectivity index is 0.00000156. The maximum Gasteiger partial charge on any atom is 0.225 e. The fraction of sp³-hybridized carbons (Fsp3) is 0.588. The van der Waals surface area contributed by atoms with E-state index in [4.69, 9.17) is 22.1 Å². The Morgan fingerprint density at radius 1 is 1.26 bits per heavy atom. The second kappa shape index (κ2) is 6.50. The van der Waals surface area contributed by atoms with Crippen molar-refractivity contribution in [3.8, 4) is 5.75 Å². The van der Waals surface area contributed by atoms with Crippen molar-refractivity contribution in [3.63, 3.8) is 0 Å². The molecule has 2 aliphatic carbocycles. The Morgan fingerprint density at radius 2 is 2.04 bits per heavy atom. The highest BCUT2D eigenvalue weighted by atomic mass is 35.5. The van der Waals surface area contributed by atoms with E-state index in [9.17, 15) is 4.79 Å². The monoisotopic (exact) mass is 356 g/mol. The second-order valence-corrected chi connectivity index (χ2v) is 7.20. The highest BCUT2D eigenvalue weighted by Gasteiger charge is 2.49. The van der Waals surface area contributed by atoms with Crippen LogP contribution < -0.4 is 15.8 Å². The Kier molecular flexibility index (Phi) is 4.77. The summed E-state index contributed by atoms with van der Waals surface area (Å²) in [4.78, 5) is 12.7. The van der Waals surface area contributed by atoms with Gasteiger partial charge in [-0.25, -0.2) is 0 Å². The number of ether oxygens (including phenoxy) is 1. The summed E-state index contributed by atoms with van der Waals surface area (Å²) in [7, 11) is 0. The van der Waals surface area contributed by atoms with Gasteiger partial charge >= 0.3 is 0 Å². The zero-order valence-corrected chi connectivity index (χ0v) is 14.4. The van der Waals surface area contributed by atoms with Gasteiger partial charge in [-0.2, -0.15) is 0 Å². The van der Waals surface area contributed by atoms with Crippen LogP contribution in [0.5, 0.6) is 5.75 Å². The number of nitrogens with one attached hydrogen (secondary N) is 1. The van der Waals surface area contributed by atoms with Gasteiger partial charge in [0.25, 0.3) is 0 Å². The number of carbonyl (C=O) groups excluding carboxylic acids is 1. The molecule has 2 saturated carbocycles. The van der Waals surface area contributed by atoms with Gasteiger partial charge in [0.15, 0.2) is 0 Å². The molecular formula is C17H22Cl2N2O2. The number of carbonyl (C=O) groups is 1. The standard InChI is InChI=1S/C17H21ClN2O2.ClH/c18-12-3-1-2-11-13(6-7-22-16(11)12)20-17(21)14-9-4-5-10(8-9)15(14)19;/h1-3,9-10,13-15H,4-8,19H2,(H,20,21);1H. The maximum absolute atomic E-state index is 12.7. The van der Waals surface area contributed by atoms with E-state index in [-0.39, 0.29) is 36.3 Å². The molecule has 0 saturated heterocycles. The summed E-state index contributed by atoms with van der Waals surface area (Å²) in [5.41, 5.74) is 7.26. The van der Waals surface area contributed by atoms with Crippen LogP contribution in [0.4, 0.5) is 0 Å². The van der Waals surface area contributed by atoms with Crippen LogP contribution in [0.1, 0.15) is 37.3 Å². The van der Waals surface area contributed by atoms with Crippen LogP contribution in [0.3, 0.4) is 0 Å². The molecule has 3 aliphatic rings. The topological polar surface area (TPSA) is 64.4 Å². The first-order valence-electron chi connectivity index (χ1n) is 8.12. The molecule has 1 aromatic carbocycles. The summed E-state index contributed by atoms with van der Waals surface area (Å²) >= 11 is 6.19. The van der Waals surface area contributed by atoms with Crippen molar-refractivity contribution in [1.29, 1.82) is 0 Å². The molecule has 126 valence electrons. The molecule has 4 nitrogen and oxygen atoms in total. The van der Waals surface area contributed by atoms with Crippen LogP contribution in [-0.4, -0.2) is 18.6 Å². The molecule has 0 aromatic heterocycles. The van der Waals surface area contributed by atoms with Crippen molar-refractivity contribution >= 4 is 29.9 Å². The Hall–Kier alpha value is -0.970. The molecule has 2 fully saturated rings. The average molecular weight is 357 g/mol. The van der Waals surface area contributed by atoms with Crippen LogP contribution in [0, 0.1) is 17.8 Å². The van der Waals surface area contributed by atoms with E-state index >= 15 is 0 Å². The molecule has 4 rings (SSSR count). The fourth-order valence-electron chi connectivity index (χ4n) is 4.53. The van der Waals surface area contributed by atoms with E-state index < -0.39 is 0 Å². The third-order valence-electron chi connectivity index (χ3n) is 5.63. The second-order valence-electron chi connectivity index (χ2n) is 6.79. The van der Waals surface area contributed by atoms with Crippen LogP contribution in [0.2, 0.25) is 5.02 Å². The van der Waals surface area contributed by atoms with E-state index in [1.807, 2.05) is 18.2 Å². The van der Waals surface area contributed by atoms with Gasteiger partial charge in [0.05, 0.1) is 23.6 Å². The summed E-state index contributed by atoms with van der Waals surface area (Å²) in [5, 5.41) is 3.81. The zero-order valence-electron chi connectivity index (χ0n) is 12.8. The predicted octanol–water partition coefficient (Wildman–Crippen LogP) is 3.08. The molecule has 23 heavy (non-hydrogen) atoms. The average Bonchev–Trinajstić information content (AvgIpc) is 3.09. The number of benzene rings is 1. The molecule has 0 spiro atoms. The number of hydrogen-bond acceptors (Lipinski definition) is 3. The van der Waals surface area contributed by atoms with Gasteiger partial charge in [-0.3, -0.25) is 4.79 Å². The van der Waals surface area contributed by atoms with E-state index in [0.29, 0.717) is 29.2 Å². The normalized spacial score (nSPS) is 34.3. The molecule has 3 N–H and O–H groups in total. The lowest BCUT2D eigenvalue weighted by molar-refractivity contribution is -0.128. The molecule has 1 heterocycles. The van der Waals surface area contributed by atoms with Gasteiger partial charge in [0.2, 0.25) is 5.91 Å². The minimum Gasteiger partial charge on any atom is -0.492 e. The summed E-state index contributed by atoms with van der Waals surface area (Å²) < 4.78 is 5.65. The van der Waals surface area contributed by atoms with Crippen LogP contribution in [0.15, 0.2) is 18.2 Å². The molecule has 1 aromatic rings. The van der Waals surface area contributed by atoms with E-state index in [1.54, 1.807) is 0 Å². The third-order valence-corrected chi connectivity index (χ3v) is 5.92. The SMILES string of the molecule is Cl.NC1C2CCC(C2)C1C(=O)NC1CCOc2c(Cl)cccc21. The fourth-order valence-corrected chi connectivity index (χ4v) is 4.77. The number of amides is 1. The first-order valence-corrected chi connectivity index (χ1v) is 8.50. The van der Waals surface area contributed by atoms with Crippen molar-refractivity contribution in [2.24, 2.45) is 23.5 Å². The molecule has 6 heteroatoms. The lowest BCUT2D eigenvalue weighted by Gasteiger charge is -2.31. The molecule has 5 unspecified atom stereocenters. The van der Waals surface area contributed by atoms with Gasteiger partial charge in [-0.05, 0) is 37.2 Å². The molecule has 0 radical (unpaired) electrons. The zero-order chi connectivity index (χ0) is 15.3. The third kappa shape index (κ3) is 2.81. The summed E-state index contributed by atoms with van der Waals surface area (Å²) in [6.45, 7) is 0.574. The van der Waals surface area contributed by atoms with Crippen molar-refractivity contribution in [1.82, 2.24) is 5.32 Å². The van der Waals surface area contributed by atoms with E-state index in [0.717, 1.165) is 24.8 Å². The van der Waals surface area contributed by atoms with Crippen LogP contribution in [-0.2, 0) is 4.79 Å². The minimum atomic E-state index is -0.0266. The minimum absolute atomic E-state index is 0. The summed E-state index contributed by atoms with van der Waals surface area (Å²) in [6.07, 6.45) is 4.22. The molecule has 2 bridgehead atoms. The van der Waals surface area contributed by atoms with Crippen molar-refractivity contribution in [2.75, 3.05) is 6.61 Å². The Morgan fingerprint density at radius 3 is 2.78 bits per heavy atom. The van der Waals surface area contributed by atoms with Crippen LogP contribution >= 0.6 is 24.0 Å². The molecule has 1 aliphatic heterocycles. The largest absolute Gasteiger partial charge is 0.492 e. The number of rotatable bonds is 2. The summed E-state index contributed by atoms with van der Waals surface area (Å²) in [5.74, 6) is 1.80. The maximum atomic E-state index is 12.7. The molecule has 1 amide bonds. The first-order chi connectivity index (χ1) is 10.6.